The number of nitrogens with zero attached hydrogens (tertiary/aromatic N) is 1. The summed E-state index contributed by atoms with van der Waals surface area (Å²) in [7, 11) is -1.34. The minimum absolute atomic E-state index is 0.192. The van der Waals surface area contributed by atoms with Crippen molar-refractivity contribution in [1.82, 2.24) is 9.62 Å². The number of hydrogen-bond donors (Lipinski definition) is 1. The zero-order valence-corrected chi connectivity index (χ0v) is 14.8. The highest BCUT2D eigenvalue weighted by atomic mass is 32.2. The highest BCUT2D eigenvalue weighted by molar-refractivity contribution is 8.07. The second kappa shape index (κ2) is 7.72. The first kappa shape index (κ1) is 16.9. The highest BCUT2D eigenvalue weighted by Gasteiger charge is 2.38. The van der Waals surface area contributed by atoms with Crippen molar-refractivity contribution in [2.24, 2.45) is 0 Å². The molecule has 3 atom stereocenters. The van der Waals surface area contributed by atoms with Crippen molar-refractivity contribution in [2.75, 3.05) is 37.4 Å². The van der Waals surface area contributed by atoms with Gasteiger partial charge in [-0.1, -0.05) is 0 Å². The van der Waals surface area contributed by atoms with Gasteiger partial charge in [0.05, 0.1) is 5.75 Å². The number of rotatable bonds is 7. The number of fused-ring (bicyclic) bond motifs is 1. The van der Waals surface area contributed by atoms with Crippen molar-refractivity contribution in [1.29, 1.82) is 0 Å². The Morgan fingerprint density at radius 3 is 2.75 bits per heavy atom. The Morgan fingerprint density at radius 2 is 2.00 bits per heavy atom. The minimum atomic E-state index is -3.02. The normalized spacial score (nSPS) is 30.6. The maximum Gasteiger partial charge on any atom is 0.213 e. The Balaban J connectivity index is 1.66. The molecule has 0 radical (unpaired) electrons. The zero-order chi connectivity index (χ0) is 14.6. The molecule has 2 fully saturated rings. The molecule has 1 N–H and O–H groups in total. The van der Waals surface area contributed by atoms with Crippen LogP contribution < -0.4 is 5.32 Å². The summed E-state index contributed by atoms with van der Waals surface area (Å²) in [4.78, 5) is 0. The molecule has 1 aliphatic heterocycles. The van der Waals surface area contributed by atoms with E-state index in [-0.39, 0.29) is 5.75 Å². The molecule has 118 valence electrons. The van der Waals surface area contributed by atoms with Gasteiger partial charge in [-0.15, -0.1) is 0 Å². The van der Waals surface area contributed by atoms with E-state index in [9.17, 15) is 8.42 Å². The van der Waals surface area contributed by atoms with Crippen LogP contribution in [0, 0.1) is 0 Å². The molecule has 0 aromatic carbocycles. The molecule has 2 aliphatic rings. The van der Waals surface area contributed by atoms with Crippen LogP contribution in [0.25, 0.3) is 0 Å². The van der Waals surface area contributed by atoms with Crippen LogP contribution in [0.15, 0.2) is 0 Å². The van der Waals surface area contributed by atoms with Crippen LogP contribution in [0.5, 0.6) is 0 Å². The lowest BCUT2D eigenvalue weighted by Gasteiger charge is -2.29. The molecule has 0 unspecified atom stereocenters. The third-order valence-electron chi connectivity index (χ3n) is 4.15. The number of sulfonamides is 1. The van der Waals surface area contributed by atoms with E-state index >= 15 is 0 Å². The van der Waals surface area contributed by atoms with Crippen molar-refractivity contribution >= 4 is 33.5 Å². The molecule has 20 heavy (non-hydrogen) atoms. The molecule has 1 saturated carbocycles. The molecule has 0 amide bonds. The lowest BCUT2D eigenvalue weighted by molar-refractivity contribution is 0.441. The summed E-state index contributed by atoms with van der Waals surface area (Å²) in [6.07, 6.45) is 3.50. The van der Waals surface area contributed by atoms with Crippen LogP contribution in [0.2, 0.25) is 0 Å². The topological polar surface area (TPSA) is 49.4 Å². The van der Waals surface area contributed by atoms with Gasteiger partial charge in [-0.3, -0.25) is 0 Å². The van der Waals surface area contributed by atoms with E-state index in [2.05, 4.69) is 28.8 Å². The molecule has 1 heterocycles. The molecule has 2 rings (SSSR count). The molecular weight excluding hydrogens is 312 g/mol. The number of nitrogens with one attached hydrogen (secondary N) is 1. The second-order valence-corrected chi connectivity index (χ2v) is 10.5. The monoisotopic (exact) mass is 338 g/mol. The van der Waals surface area contributed by atoms with Crippen LogP contribution in [0.3, 0.4) is 0 Å². The van der Waals surface area contributed by atoms with Crippen LogP contribution >= 0.6 is 23.5 Å². The standard InChI is InChI=1S/C13H26N2O2S3/c1-3-20(16,17)15(2)8-4-7-14-11-5-6-12-13(11)19-10-9-18-12/h11-14H,3-10H2,1-2H3/t11-,12-,13+/m1/s1. The first-order chi connectivity index (χ1) is 9.54. The predicted octanol–water partition coefficient (Wildman–Crippen LogP) is 1.63. The van der Waals surface area contributed by atoms with Crippen LogP contribution in [0.4, 0.5) is 0 Å². The van der Waals surface area contributed by atoms with Gasteiger partial charge in [0.15, 0.2) is 0 Å². The molecular formula is C13H26N2O2S3. The summed E-state index contributed by atoms with van der Waals surface area (Å²) >= 11 is 4.26. The van der Waals surface area contributed by atoms with Gasteiger partial charge in [-0.05, 0) is 32.7 Å². The minimum Gasteiger partial charge on any atom is -0.313 e. The van der Waals surface area contributed by atoms with Gasteiger partial charge < -0.3 is 5.32 Å². The SMILES string of the molecule is CCS(=O)(=O)N(C)CCCN[C@@H]1CC[C@H]2SCCS[C@@H]12. The third-order valence-corrected chi connectivity index (χ3v) is 9.32. The summed E-state index contributed by atoms with van der Waals surface area (Å²) in [5.74, 6) is 2.77. The zero-order valence-electron chi connectivity index (χ0n) is 12.4. The fourth-order valence-corrected chi connectivity index (χ4v) is 7.05. The van der Waals surface area contributed by atoms with E-state index in [0.29, 0.717) is 12.6 Å². The lowest BCUT2D eigenvalue weighted by atomic mass is 10.2. The third kappa shape index (κ3) is 4.29. The van der Waals surface area contributed by atoms with Crippen molar-refractivity contribution in [3.05, 3.63) is 0 Å². The van der Waals surface area contributed by atoms with Crippen molar-refractivity contribution in [2.45, 2.75) is 42.7 Å². The van der Waals surface area contributed by atoms with Crippen molar-refractivity contribution in [3.8, 4) is 0 Å². The summed E-state index contributed by atoms with van der Waals surface area (Å²) in [6, 6.07) is 0.630. The summed E-state index contributed by atoms with van der Waals surface area (Å²) in [6.45, 7) is 3.23. The molecule has 1 saturated heterocycles. The summed E-state index contributed by atoms with van der Waals surface area (Å²) in [5, 5.41) is 5.26. The Hall–Kier alpha value is 0.570. The van der Waals surface area contributed by atoms with Gasteiger partial charge in [0.1, 0.15) is 0 Å². The first-order valence-corrected chi connectivity index (χ1v) is 11.2. The number of thioether (sulfide) groups is 2. The Labute approximate surface area is 131 Å². The molecule has 4 nitrogen and oxygen atoms in total. The highest BCUT2D eigenvalue weighted by Crippen LogP contribution is 2.41. The largest absolute Gasteiger partial charge is 0.313 e. The maximum absolute atomic E-state index is 11.6. The Kier molecular flexibility index (Phi) is 6.53. The fraction of sp³-hybridized carbons (Fsp3) is 1.00. The first-order valence-electron chi connectivity index (χ1n) is 7.45. The van der Waals surface area contributed by atoms with Gasteiger partial charge >= 0.3 is 0 Å². The smallest absolute Gasteiger partial charge is 0.213 e. The Bertz CT molecular complexity index is 402. The van der Waals surface area contributed by atoms with Crippen LogP contribution in [-0.4, -0.2) is 66.7 Å². The van der Waals surface area contributed by atoms with E-state index in [4.69, 9.17) is 0 Å². The van der Waals surface area contributed by atoms with Gasteiger partial charge in [0.2, 0.25) is 10.0 Å². The van der Waals surface area contributed by atoms with E-state index < -0.39 is 10.0 Å². The van der Waals surface area contributed by atoms with Gasteiger partial charge in [0.25, 0.3) is 0 Å². The molecule has 0 aromatic rings. The lowest BCUT2D eigenvalue weighted by Crippen LogP contribution is -2.40. The van der Waals surface area contributed by atoms with E-state index in [1.807, 2.05) is 0 Å². The molecule has 0 bridgehead atoms. The van der Waals surface area contributed by atoms with Crippen LogP contribution in [-0.2, 0) is 10.0 Å². The predicted molar refractivity (Wildman–Crippen MR) is 90.2 cm³/mol. The van der Waals surface area contributed by atoms with Crippen LogP contribution in [0.1, 0.15) is 26.2 Å². The average Bonchev–Trinajstić information content (AvgIpc) is 2.86. The Morgan fingerprint density at radius 1 is 1.25 bits per heavy atom. The van der Waals surface area contributed by atoms with Crippen molar-refractivity contribution in [3.63, 3.8) is 0 Å². The summed E-state index contributed by atoms with van der Waals surface area (Å²) in [5.41, 5.74) is 0. The average molecular weight is 339 g/mol. The van der Waals surface area contributed by atoms with Gasteiger partial charge in [-0.25, -0.2) is 12.7 Å². The quantitative estimate of drug-likeness (QED) is 0.715. The molecule has 7 heteroatoms. The van der Waals surface area contributed by atoms with Gasteiger partial charge in [-0.2, -0.15) is 23.5 Å². The number of hydrogen-bond acceptors (Lipinski definition) is 5. The maximum atomic E-state index is 11.6. The second-order valence-electron chi connectivity index (χ2n) is 5.46. The van der Waals surface area contributed by atoms with Gasteiger partial charge in [0, 0.05) is 41.6 Å². The molecule has 0 aromatic heterocycles. The summed E-state index contributed by atoms with van der Waals surface area (Å²) < 4.78 is 24.8. The molecule has 1 aliphatic carbocycles. The molecule has 0 spiro atoms. The van der Waals surface area contributed by atoms with Crippen molar-refractivity contribution < 1.29 is 8.42 Å². The van der Waals surface area contributed by atoms with E-state index in [0.717, 1.165) is 23.5 Å². The van der Waals surface area contributed by atoms with E-state index in [1.54, 1.807) is 14.0 Å². The fourth-order valence-electron chi connectivity index (χ4n) is 2.88. The van der Waals surface area contributed by atoms with E-state index in [1.165, 1.54) is 28.7 Å².